The van der Waals surface area contributed by atoms with Crippen molar-refractivity contribution in [3.05, 3.63) is 95.7 Å². The Morgan fingerprint density at radius 1 is 0.938 bits per heavy atom. The third kappa shape index (κ3) is 4.41. The second kappa shape index (κ2) is 8.85. The fourth-order valence-electron chi connectivity index (χ4n) is 3.36. The lowest BCUT2D eigenvalue weighted by atomic mass is 10.1. The lowest BCUT2D eigenvalue weighted by Gasteiger charge is -2.08. The van der Waals surface area contributed by atoms with Crippen LogP contribution in [0.15, 0.2) is 78.9 Å². The van der Waals surface area contributed by atoms with Crippen LogP contribution in [-0.2, 0) is 13.2 Å². The van der Waals surface area contributed by atoms with Crippen molar-refractivity contribution < 1.29 is 19.0 Å². The minimum absolute atomic E-state index is 0.215. The van der Waals surface area contributed by atoms with E-state index in [9.17, 15) is 4.79 Å². The van der Waals surface area contributed by atoms with E-state index in [1.807, 2.05) is 72.8 Å². The first kappa shape index (κ1) is 19.7. The van der Waals surface area contributed by atoms with Crippen molar-refractivity contribution in [3.63, 3.8) is 0 Å². The molecule has 7 heteroatoms. The van der Waals surface area contributed by atoms with Gasteiger partial charge in [-0.25, -0.2) is 0 Å². The van der Waals surface area contributed by atoms with Crippen molar-refractivity contribution in [2.45, 2.75) is 13.2 Å². The Labute approximate surface area is 185 Å². The van der Waals surface area contributed by atoms with Gasteiger partial charge in [0.25, 0.3) is 5.91 Å². The number of rotatable bonds is 7. The number of ether oxygens (including phenoxy) is 3. The van der Waals surface area contributed by atoms with E-state index >= 15 is 0 Å². The van der Waals surface area contributed by atoms with E-state index in [4.69, 9.17) is 14.2 Å². The molecule has 2 heterocycles. The van der Waals surface area contributed by atoms with Gasteiger partial charge in [0, 0.05) is 12.1 Å². The van der Waals surface area contributed by atoms with Crippen molar-refractivity contribution >= 4 is 5.91 Å². The molecule has 4 aromatic rings. The summed E-state index contributed by atoms with van der Waals surface area (Å²) in [4.78, 5) is 12.5. The molecule has 5 rings (SSSR count). The zero-order valence-corrected chi connectivity index (χ0v) is 17.2. The summed E-state index contributed by atoms with van der Waals surface area (Å²) >= 11 is 0. The third-order valence-electron chi connectivity index (χ3n) is 5.12. The summed E-state index contributed by atoms with van der Waals surface area (Å²) < 4.78 is 16.5. The van der Waals surface area contributed by atoms with E-state index in [2.05, 4.69) is 15.5 Å². The van der Waals surface area contributed by atoms with E-state index < -0.39 is 0 Å². The van der Waals surface area contributed by atoms with Gasteiger partial charge in [-0.2, -0.15) is 5.10 Å². The Kier molecular flexibility index (Phi) is 5.45. The van der Waals surface area contributed by atoms with Crippen molar-refractivity contribution in [1.29, 1.82) is 0 Å². The number of benzene rings is 3. The number of nitrogens with one attached hydrogen (secondary N) is 2. The molecule has 0 fully saturated rings. The number of H-pyrrole nitrogens is 1. The van der Waals surface area contributed by atoms with Crippen LogP contribution in [-0.4, -0.2) is 22.9 Å². The monoisotopic (exact) mass is 427 g/mol. The number of aromatic amines is 1. The molecule has 0 spiro atoms. The Hall–Kier alpha value is -4.26. The molecule has 1 aliphatic heterocycles. The van der Waals surface area contributed by atoms with Gasteiger partial charge >= 0.3 is 0 Å². The smallest absolute Gasteiger partial charge is 0.269 e. The highest BCUT2D eigenvalue weighted by Gasteiger charge is 2.16. The van der Waals surface area contributed by atoms with E-state index in [1.54, 1.807) is 6.07 Å². The summed E-state index contributed by atoms with van der Waals surface area (Å²) in [7, 11) is 0. The number of amides is 1. The minimum Gasteiger partial charge on any atom is -0.489 e. The summed E-state index contributed by atoms with van der Waals surface area (Å²) in [6.45, 7) is 1.13. The fourth-order valence-corrected chi connectivity index (χ4v) is 3.36. The van der Waals surface area contributed by atoms with Gasteiger partial charge in [0.05, 0.1) is 5.69 Å². The largest absolute Gasteiger partial charge is 0.489 e. The molecule has 3 aromatic carbocycles. The highest BCUT2D eigenvalue weighted by atomic mass is 16.7. The highest BCUT2D eigenvalue weighted by molar-refractivity contribution is 5.93. The number of carbonyl (C=O) groups is 1. The summed E-state index contributed by atoms with van der Waals surface area (Å²) in [6.07, 6.45) is 0. The maximum Gasteiger partial charge on any atom is 0.269 e. The van der Waals surface area contributed by atoms with E-state index in [0.717, 1.165) is 22.4 Å². The van der Waals surface area contributed by atoms with Crippen molar-refractivity contribution in [2.24, 2.45) is 0 Å². The predicted molar refractivity (Wildman–Crippen MR) is 119 cm³/mol. The lowest BCUT2D eigenvalue weighted by Crippen LogP contribution is -2.23. The molecule has 0 atom stereocenters. The molecule has 160 valence electrons. The third-order valence-corrected chi connectivity index (χ3v) is 5.12. The summed E-state index contributed by atoms with van der Waals surface area (Å²) in [6, 6.07) is 25.0. The molecule has 1 amide bonds. The first-order chi connectivity index (χ1) is 15.7. The molecule has 0 saturated heterocycles. The molecule has 0 radical (unpaired) electrons. The van der Waals surface area contributed by atoms with E-state index in [-0.39, 0.29) is 12.7 Å². The van der Waals surface area contributed by atoms with E-state index in [1.165, 1.54) is 0 Å². The van der Waals surface area contributed by atoms with Crippen molar-refractivity contribution in [1.82, 2.24) is 15.5 Å². The minimum atomic E-state index is -0.228. The van der Waals surface area contributed by atoms with Gasteiger partial charge < -0.3 is 19.5 Å². The van der Waals surface area contributed by atoms with Gasteiger partial charge in [-0.3, -0.25) is 9.89 Å². The molecular weight excluding hydrogens is 406 g/mol. The molecular formula is C25H21N3O4. The fraction of sp³-hybridized carbons (Fsp3) is 0.120. The number of hydrogen-bond donors (Lipinski definition) is 2. The molecule has 1 aliphatic rings. The number of carbonyl (C=O) groups excluding carboxylic acids is 1. The van der Waals surface area contributed by atoms with Crippen LogP contribution in [0.5, 0.6) is 17.2 Å². The number of nitrogens with zero attached hydrogens (tertiary/aromatic N) is 1. The lowest BCUT2D eigenvalue weighted by molar-refractivity contribution is 0.0946. The molecule has 0 bridgehead atoms. The maximum atomic E-state index is 12.5. The molecule has 7 nitrogen and oxygen atoms in total. The second-order valence-electron chi connectivity index (χ2n) is 7.34. The predicted octanol–water partition coefficient (Wildman–Crippen LogP) is 4.31. The standard InChI is InChI=1S/C25H21N3O4/c29-25(22-13-21(27-28-22)19-8-11-23-24(12-19)32-16-31-23)26-14-17-6-9-20(10-7-17)30-15-18-4-2-1-3-5-18/h1-13H,14-16H2,(H,26,29)(H,27,28). The van der Waals surface area contributed by atoms with Crippen LogP contribution in [0.2, 0.25) is 0 Å². The average Bonchev–Trinajstić information content (AvgIpc) is 3.52. The normalized spacial score (nSPS) is 11.9. The second-order valence-corrected chi connectivity index (χ2v) is 7.34. The quantitative estimate of drug-likeness (QED) is 0.459. The van der Waals surface area contributed by atoms with Crippen LogP contribution in [0, 0.1) is 0 Å². The van der Waals surface area contributed by atoms with Crippen molar-refractivity contribution in [3.8, 4) is 28.5 Å². The molecule has 0 saturated carbocycles. The SMILES string of the molecule is O=C(NCc1ccc(OCc2ccccc2)cc1)c1cc(-c2ccc3c(c2)OCO3)n[nH]1. The van der Waals surface area contributed by atoms with Gasteiger partial charge in [-0.1, -0.05) is 42.5 Å². The van der Waals surface area contributed by atoms with Crippen LogP contribution in [0.3, 0.4) is 0 Å². The summed E-state index contributed by atoms with van der Waals surface area (Å²) in [5, 5.41) is 9.94. The van der Waals surface area contributed by atoms with Gasteiger partial charge in [0.2, 0.25) is 6.79 Å². The Morgan fingerprint density at radius 3 is 2.59 bits per heavy atom. The molecule has 32 heavy (non-hydrogen) atoms. The first-order valence-electron chi connectivity index (χ1n) is 10.2. The Morgan fingerprint density at radius 2 is 1.75 bits per heavy atom. The molecule has 2 N–H and O–H groups in total. The zero-order chi connectivity index (χ0) is 21.8. The number of fused-ring (bicyclic) bond motifs is 1. The Bertz CT molecular complexity index is 1220. The van der Waals surface area contributed by atoms with Gasteiger partial charge in [0.1, 0.15) is 18.1 Å². The maximum absolute atomic E-state index is 12.5. The Balaban J connectivity index is 1.15. The highest BCUT2D eigenvalue weighted by Crippen LogP contribution is 2.35. The van der Waals surface area contributed by atoms with Crippen LogP contribution in [0.4, 0.5) is 0 Å². The van der Waals surface area contributed by atoms with Gasteiger partial charge in [-0.05, 0) is 47.5 Å². The van der Waals surface area contributed by atoms with Gasteiger partial charge in [-0.15, -0.1) is 0 Å². The van der Waals surface area contributed by atoms with E-state index in [0.29, 0.717) is 36.0 Å². The number of aromatic nitrogens is 2. The average molecular weight is 427 g/mol. The van der Waals surface area contributed by atoms with Crippen LogP contribution in [0.25, 0.3) is 11.3 Å². The van der Waals surface area contributed by atoms with Gasteiger partial charge in [0.15, 0.2) is 11.5 Å². The molecule has 0 unspecified atom stereocenters. The first-order valence-corrected chi connectivity index (χ1v) is 10.2. The van der Waals surface area contributed by atoms with Crippen LogP contribution < -0.4 is 19.5 Å². The molecule has 0 aliphatic carbocycles. The van der Waals surface area contributed by atoms with Crippen LogP contribution >= 0.6 is 0 Å². The van der Waals surface area contributed by atoms with Crippen LogP contribution in [0.1, 0.15) is 21.6 Å². The van der Waals surface area contributed by atoms with Crippen molar-refractivity contribution in [2.75, 3.05) is 6.79 Å². The zero-order valence-electron chi connectivity index (χ0n) is 17.2. The number of hydrogen-bond acceptors (Lipinski definition) is 5. The molecule has 1 aromatic heterocycles. The summed E-state index contributed by atoms with van der Waals surface area (Å²) in [5.41, 5.74) is 3.98. The summed E-state index contributed by atoms with van der Waals surface area (Å²) in [5.74, 6) is 1.94. The topological polar surface area (TPSA) is 85.5 Å².